The molecule has 0 saturated heterocycles. The Balaban J connectivity index is 1.84. The van der Waals surface area contributed by atoms with Crippen molar-refractivity contribution in [2.45, 2.75) is 33.1 Å². The SMILES string of the molecule is CC1(C)CC=C(c2ccccc2NC(=O)c2ncc(C#N)[nH]2)CC1. The fourth-order valence-corrected chi connectivity index (χ4v) is 2.87. The minimum atomic E-state index is -0.347. The smallest absolute Gasteiger partial charge is 0.291 e. The molecule has 0 fully saturated rings. The number of nitrogens with one attached hydrogen (secondary N) is 2. The first-order chi connectivity index (χ1) is 11.5. The number of rotatable bonds is 3. The van der Waals surface area contributed by atoms with Gasteiger partial charge in [-0.2, -0.15) is 5.26 Å². The molecule has 3 rings (SSSR count). The minimum Gasteiger partial charge on any atom is -0.326 e. The zero-order chi connectivity index (χ0) is 17.2. The predicted octanol–water partition coefficient (Wildman–Crippen LogP) is 4.13. The lowest BCUT2D eigenvalue weighted by Crippen LogP contribution is -2.17. The summed E-state index contributed by atoms with van der Waals surface area (Å²) in [4.78, 5) is 19.0. The molecule has 122 valence electrons. The van der Waals surface area contributed by atoms with Crippen molar-refractivity contribution in [1.82, 2.24) is 9.97 Å². The van der Waals surface area contributed by atoms with Crippen LogP contribution in [0.3, 0.4) is 0 Å². The normalized spacial score (nSPS) is 16.1. The van der Waals surface area contributed by atoms with Gasteiger partial charge in [0.2, 0.25) is 0 Å². The van der Waals surface area contributed by atoms with E-state index in [0.29, 0.717) is 5.41 Å². The van der Waals surface area contributed by atoms with Crippen molar-refractivity contribution in [3.05, 3.63) is 53.6 Å². The van der Waals surface area contributed by atoms with Crippen molar-refractivity contribution in [1.29, 1.82) is 5.26 Å². The summed E-state index contributed by atoms with van der Waals surface area (Å²) in [5.41, 5.74) is 3.69. The van der Waals surface area contributed by atoms with Crippen LogP contribution in [-0.2, 0) is 0 Å². The molecular formula is C19H20N4O. The van der Waals surface area contributed by atoms with E-state index in [1.54, 1.807) is 0 Å². The Bertz CT molecular complexity index is 839. The molecule has 1 aliphatic rings. The number of amides is 1. The van der Waals surface area contributed by atoms with Gasteiger partial charge in [0.15, 0.2) is 5.82 Å². The Morgan fingerprint density at radius 3 is 2.83 bits per heavy atom. The molecule has 5 nitrogen and oxygen atoms in total. The van der Waals surface area contributed by atoms with Crippen LogP contribution >= 0.6 is 0 Å². The predicted molar refractivity (Wildman–Crippen MR) is 93.3 cm³/mol. The summed E-state index contributed by atoms with van der Waals surface area (Å²) in [6.45, 7) is 4.55. The first-order valence-corrected chi connectivity index (χ1v) is 8.03. The Morgan fingerprint density at radius 2 is 2.17 bits per heavy atom. The quantitative estimate of drug-likeness (QED) is 0.892. The van der Waals surface area contributed by atoms with Gasteiger partial charge in [0.1, 0.15) is 11.8 Å². The highest BCUT2D eigenvalue weighted by atomic mass is 16.2. The van der Waals surface area contributed by atoms with Crippen molar-refractivity contribution < 1.29 is 4.79 Å². The third kappa shape index (κ3) is 3.38. The summed E-state index contributed by atoms with van der Waals surface area (Å²) in [7, 11) is 0. The average Bonchev–Trinajstić information content (AvgIpc) is 3.05. The van der Waals surface area contributed by atoms with Crippen LogP contribution in [0.25, 0.3) is 5.57 Å². The number of allylic oxidation sites excluding steroid dienone is 2. The number of hydrogen-bond donors (Lipinski definition) is 2. The van der Waals surface area contributed by atoms with Crippen LogP contribution in [0, 0.1) is 16.7 Å². The van der Waals surface area contributed by atoms with Gasteiger partial charge in [0.05, 0.1) is 6.20 Å². The maximum absolute atomic E-state index is 12.3. The van der Waals surface area contributed by atoms with E-state index >= 15 is 0 Å². The molecule has 1 aromatic heterocycles. The topological polar surface area (TPSA) is 81.6 Å². The molecule has 1 heterocycles. The van der Waals surface area contributed by atoms with Crippen LogP contribution in [0.2, 0.25) is 0 Å². The number of imidazole rings is 1. The van der Waals surface area contributed by atoms with E-state index in [4.69, 9.17) is 5.26 Å². The van der Waals surface area contributed by atoms with Gasteiger partial charge in [0.25, 0.3) is 5.91 Å². The number of anilines is 1. The standard InChI is InChI=1S/C19H20N4O/c1-19(2)9-7-13(8-10-19)15-5-3-4-6-16(15)23-18(24)17-21-12-14(11-20)22-17/h3-7,12H,8-10H2,1-2H3,(H,21,22)(H,23,24). The molecule has 0 atom stereocenters. The molecule has 24 heavy (non-hydrogen) atoms. The van der Waals surface area contributed by atoms with Gasteiger partial charge < -0.3 is 10.3 Å². The van der Waals surface area contributed by atoms with E-state index in [-0.39, 0.29) is 17.4 Å². The van der Waals surface area contributed by atoms with Crippen molar-refractivity contribution >= 4 is 17.2 Å². The molecule has 1 aliphatic carbocycles. The van der Waals surface area contributed by atoms with E-state index < -0.39 is 0 Å². The van der Waals surface area contributed by atoms with Crippen LogP contribution in [0.5, 0.6) is 0 Å². The van der Waals surface area contributed by atoms with Crippen molar-refractivity contribution in [3.8, 4) is 6.07 Å². The highest BCUT2D eigenvalue weighted by Crippen LogP contribution is 2.39. The van der Waals surface area contributed by atoms with Gasteiger partial charge in [-0.15, -0.1) is 0 Å². The van der Waals surface area contributed by atoms with Gasteiger partial charge in [-0.1, -0.05) is 38.1 Å². The van der Waals surface area contributed by atoms with Crippen LogP contribution in [0.1, 0.15) is 55.0 Å². The number of H-pyrrole nitrogens is 1. The van der Waals surface area contributed by atoms with Gasteiger partial charge in [0, 0.05) is 11.3 Å². The molecule has 0 saturated carbocycles. The van der Waals surface area contributed by atoms with Gasteiger partial charge in [-0.05, 0) is 36.3 Å². The summed E-state index contributed by atoms with van der Waals surface area (Å²) in [5.74, 6) is -0.208. The van der Waals surface area contributed by atoms with Gasteiger partial charge >= 0.3 is 0 Å². The van der Waals surface area contributed by atoms with E-state index in [1.807, 2.05) is 30.3 Å². The number of aromatic amines is 1. The molecule has 0 aliphatic heterocycles. The van der Waals surface area contributed by atoms with Crippen molar-refractivity contribution in [3.63, 3.8) is 0 Å². The molecule has 0 radical (unpaired) electrons. The zero-order valence-corrected chi connectivity index (χ0v) is 13.9. The number of benzene rings is 1. The van der Waals surface area contributed by atoms with Gasteiger partial charge in [-0.3, -0.25) is 4.79 Å². The van der Waals surface area contributed by atoms with Crippen molar-refractivity contribution in [2.75, 3.05) is 5.32 Å². The average molecular weight is 320 g/mol. The summed E-state index contributed by atoms with van der Waals surface area (Å²) in [6, 6.07) is 9.73. The van der Waals surface area contributed by atoms with E-state index in [0.717, 1.165) is 30.5 Å². The summed E-state index contributed by atoms with van der Waals surface area (Å²) >= 11 is 0. The molecule has 0 spiro atoms. The third-order valence-electron chi connectivity index (χ3n) is 4.40. The molecule has 1 amide bonds. The Morgan fingerprint density at radius 1 is 1.38 bits per heavy atom. The lowest BCUT2D eigenvalue weighted by Gasteiger charge is -2.29. The number of nitrogens with zero attached hydrogens (tertiary/aromatic N) is 2. The second-order valence-corrected chi connectivity index (χ2v) is 6.85. The third-order valence-corrected chi connectivity index (χ3v) is 4.40. The molecule has 2 N–H and O–H groups in total. The lowest BCUT2D eigenvalue weighted by atomic mass is 9.77. The van der Waals surface area contributed by atoms with Crippen LogP contribution < -0.4 is 5.32 Å². The first-order valence-electron chi connectivity index (χ1n) is 8.03. The van der Waals surface area contributed by atoms with E-state index in [9.17, 15) is 4.79 Å². The largest absolute Gasteiger partial charge is 0.326 e. The summed E-state index contributed by atoms with van der Waals surface area (Å²) < 4.78 is 0. The minimum absolute atomic E-state index is 0.139. The second kappa shape index (κ2) is 6.32. The van der Waals surface area contributed by atoms with Crippen LogP contribution in [0.4, 0.5) is 5.69 Å². The maximum Gasteiger partial charge on any atom is 0.291 e. The number of hydrogen-bond acceptors (Lipinski definition) is 3. The second-order valence-electron chi connectivity index (χ2n) is 6.85. The highest BCUT2D eigenvalue weighted by Gasteiger charge is 2.23. The van der Waals surface area contributed by atoms with Crippen molar-refractivity contribution in [2.24, 2.45) is 5.41 Å². The lowest BCUT2D eigenvalue weighted by molar-refractivity contribution is 0.101. The van der Waals surface area contributed by atoms with Crippen LogP contribution in [-0.4, -0.2) is 15.9 Å². The monoisotopic (exact) mass is 320 g/mol. The van der Waals surface area contributed by atoms with E-state index in [2.05, 4.69) is 35.2 Å². The summed E-state index contributed by atoms with van der Waals surface area (Å²) in [6.07, 6.45) is 6.79. The Hall–Kier alpha value is -2.87. The molecule has 0 bridgehead atoms. The van der Waals surface area contributed by atoms with Crippen LogP contribution in [0.15, 0.2) is 36.5 Å². The fraction of sp³-hybridized carbons (Fsp3) is 0.316. The number of carbonyl (C=O) groups is 1. The number of para-hydroxylation sites is 1. The molecule has 5 heteroatoms. The highest BCUT2D eigenvalue weighted by molar-refractivity contribution is 6.03. The van der Waals surface area contributed by atoms with Gasteiger partial charge in [-0.25, -0.2) is 4.98 Å². The molecule has 2 aromatic rings. The molecule has 1 aromatic carbocycles. The number of nitriles is 1. The molecule has 0 unspecified atom stereocenters. The fourth-order valence-electron chi connectivity index (χ4n) is 2.87. The Kier molecular flexibility index (Phi) is 4.22. The number of aromatic nitrogens is 2. The maximum atomic E-state index is 12.3. The molecular weight excluding hydrogens is 300 g/mol. The summed E-state index contributed by atoms with van der Waals surface area (Å²) in [5, 5.41) is 11.7. The Labute approximate surface area is 141 Å². The first kappa shape index (κ1) is 16.0. The van der Waals surface area contributed by atoms with E-state index in [1.165, 1.54) is 11.8 Å². The number of carbonyl (C=O) groups excluding carboxylic acids is 1. The zero-order valence-electron chi connectivity index (χ0n) is 13.9.